The lowest BCUT2D eigenvalue weighted by atomic mass is 10.1. The molecule has 0 spiro atoms. The summed E-state index contributed by atoms with van der Waals surface area (Å²) in [4.78, 5) is 35.2. The van der Waals surface area contributed by atoms with Crippen LogP contribution in [0, 0.1) is 17.0 Å². The van der Waals surface area contributed by atoms with E-state index in [9.17, 15) is 19.7 Å². The number of Topliss-reactive ketones (excluding diaryl/α,β-unsaturated/α-hetero) is 1. The normalized spacial score (nSPS) is 13.6. The number of rotatable bonds is 3. The molecule has 1 amide bonds. The topological polar surface area (TPSA) is 111 Å². The molecule has 128 valence electrons. The smallest absolute Gasteiger partial charge is 0.269 e. The van der Waals surface area contributed by atoms with Crippen LogP contribution in [0.3, 0.4) is 0 Å². The van der Waals surface area contributed by atoms with E-state index in [0.29, 0.717) is 27.1 Å². The van der Waals surface area contributed by atoms with Crippen LogP contribution >= 0.6 is 11.8 Å². The molecule has 1 aromatic carbocycles. The molecule has 9 nitrogen and oxygen atoms in total. The molecule has 0 saturated heterocycles. The van der Waals surface area contributed by atoms with Gasteiger partial charge >= 0.3 is 0 Å². The van der Waals surface area contributed by atoms with Gasteiger partial charge in [-0.3, -0.25) is 19.7 Å². The van der Waals surface area contributed by atoms with E-state index in [-0.39, 0.29) is 17.4 Å². The summed E-state index contributed by atoms with van der Waals surface area (Å²) in [5, 5.41) is 20.5. The number of aryl methyl sites for hydroxylation is 1. The number of hydrogen-bond donors (Lipinski definition) is 0. The Hall–Kier alpha value is -3.01. The third kappa shape index (κ3) is 2.80. The molecule has 2 heterocycles. The van der Waals surface area contributed by atoms with Crippen molar-refractivity contribution in [3.05, 3.63) is 50.7 Å². The Morgan fingerprint density at radius 2 is 1.80 bits per heavy atom. The quantitative estimate of drug-likeness (QED) is 0.609. The number of ketones is 1. The molecule has 25 heavy (non-hydrogen) atoms. The average molecular weight is 359 g/mol. The van der Waals surface area contributed by atoms with Crippen LogP contribution in [0.5, 0.6) is 0 Å². The van der Waals surface area contributed by atoms with Crippen LogP contribution in [0.25, 0.3) is 5.70 Å². The van der Waals surface area contributed by atoms with Crippen molar-refractivity contribution < 1.29 is 14.5 Å². The SMILES string of the molecule is CC(=O)C1=C(c2ccc([N+](=O)[O-])cc2)N(C(C)=O)n2c(C)nnc2S1. The number of nitro benzene ring substituents is 1. The molecule has 10 heteroatoms. The number of fused-ring (bicyclic) bond motifs is 1. The maximum absolute atomic E-state index is 12.3. The summed E-state index contributed by atoms with van der Waals surface area (Å²) in [6, 6.07) is 5.68. The molecule has 0 radical (unpaired) electrons. The predicted molar refractivity (Wildman–Crippen MR) is 90.2 cm³/mol. The summed E-state index contributed by atoms with van der Waals surface area (Å²) in [5.41, 5.74) is 0.792. The molecular weight excluding hydrogens is 346 g/mol. The minimum Gasteiger partial charge on any atom is -0.294 e. The lowest BCUT2D eigenvalue weighted by Gasteiger charge is -2.31. The van der Waals surface area contributed by atoms with Crippen molar-refractivity contribution in [2.45, 2.75) is 25.9 Å². The molecule has 0 fully saturated rings. The molecule has 1 aliphatic rings. The highest BCUT2D eigenvalue weighted by atomic mass is 32.2. The standard InChI is InChI=1S/C15H13N5O4S/c1-8(21)14-13(11-4-6-12(7-5-11)20(23)24)19(10(3)22)18-9(2)16-17-15(18)25-14/h4-7H,1-3H3. The first kappa shape index (κ1) is 16.8. The van der Waals surface area contributed by atoms with Crippen LogP contribution in [0.15, 0.2) is 34.3 Å². The van der Waals surface area contributed by atoms with Gasteiger partial charge in [0.2, 0.25) is 11.1 Å². The lowest BCUT2D eigenvalue weighted by molar-refractivity contribution is -0.384. The van der Waals surface area contributed by atoms with E-state index >= 15 is 0 Å². The van der Waals surface area contributed by atoms with Gasteiger partial charge in [0.25, 0.3) is 5.69 Å². The zero-order chi connectivity index (χ0) is 18.3. The predicted octanol–water partition coefficient (Wildman–Crippen LogP) is 2.04. The number of nitro groups is 1. The van der Waals surface area contributed by atoms with E-state index in [1.807, 2.05) is 0 Å². The van der Waals surface area contributed by atoms with Crippen molar-refractivity contribution in [3.8, 4) is 0 Å². The van der Waals surface area contributed by atoms with Gasteiger partial charge in [0.15, 0.2) is 11.6 Å². The van der Waals surface area contributed by atoms with E-state index in [0.717, 1.165) is 11.8 Å². The minimum atomic E-state index is -0.509. The van der Waals surface area contributed by atoms with Crippen LogP contribution in [-0.4, -0.2) is 31.5 Å². The molecule has 0 bridgehead atoms. The zero-order valence-corrected chi connectivity index (χ0v) is 14.4. The van der Waals surface area contributed by atoms with Gasteiger partial charge < -0.3 is 0 Å². The second-order valence-corrected chi connectivity index (χ2v) is 6.29. The molecule has 0 N–H and O–H groups in total. The van der Waals surface area contributed by atoms with Gasteiger partial charge in [-0.25, -0.2) is 9.69 Å². The Morgan fingerprint density at radius 3 is 2.32 bits per heavy atom. The molecule has 1 aromatic heterocycles. The number of allylic oxidation sites excluding steroid dienone is 1. The highest BCUT2D eigenvalue weighted by Crippen LogP contribution is 2.39. The van der Waals surface area contributed by atoms with Crippen LogP contribution < -0.4 is 5.01 Å². The summed E-state index contributed by atoms with van der Waals surface area (Å²) >= 11 is 1.11. The van der Waals surface area contributed by atoms with E-state index < -0.39 is 4.92 Å². The highest BCUT2D eigenvalue weighted by Gasteiger charge is 2.34. The van der Waals surface area contributed by atoms with Crippen LogP contribution in [0.4, 0.5) is 5.69 Å². The number of thioether (sulfide) groups is 1. The highest BCUT2D eigenvalue weighted by molar-refractivity contribution is 8.04. The van der Waals surface area contributed by atoms with Gasteiger partial charge in [-0.15, -0.1) is 10.2 Å². The maximum Gasteiger partial charge on any atom is 0.269 e. The molecule has 1 aliphatic heterocycles. The number of carbonyl (C=O) groups is 2. The number of non-ortho nitro benzene ring substituents is 1. The molecule has 3 rings (SSSR count). The van der Waals surface area contributed by atoms with Gasteiger partial charge in [0.05, 0.1) is 15.5 Å². The summed E-state index contributed by atoms with van der Waals surface area (Å²) < 4.78 is 1.52. The summed E-state index contributed by atoms with van der Waals surface area (Å²) in [7, 11) is 0. The third-order valence-electron chi connectivity index (χ3n) is 3.56. The van der Waals surface area contributed by atoms with E-state index in [1.165, 1.54) is 47.8 Å². The number of carbonyl (C=O) groups excluding carboxylic acids is 2. The fourth-order valence-corrected chi connectivity index (χ4v) is 3.51. The second kappa shape index (κ2) is 6.13. The van der Waals surface area contributed by atoms with Crippen molar-refractivity contribution >= 4 is 34.8 Å². The molecular formula is C15H13N5O4S. The molecule has 0 unspecified atom stereocenters. The Labute approximate surface area is 146 Å². The molecule has 0 saturated carbocycles. The first-order chi connectivity index (χ1) is 11.8. The fraction of sp³-hybridized carbons (Fsp3) is 0.200. The first-order valence-electron chi connectivity index (χ1n) is 7.22. The number of nitrogens with zero attached hydrogens (tertiary/aromatic N) is 5. The van der Waals surface area contributed by atoms with Crippen molar-refractivity contribution in [2.75, 3.05) is 5.01 Å². The van der Waals surface area contributed by atoms with Crippen molar-refractivity contribution in [1.29, 1.82) is 0 Å². The van der Waals surface area contributed by atoms with Gasteiger partial charge in [-0.05, 0) is 37.7 Å². The monoisotopic (exact) mass is 359 g/mol. The van der Waals surface area contributed by atoms with Crippen LogP contribution in [-0.2, 0) is 9.59 Å². The minimum absolute atomic E-state index is 0.0762. The number of aromatic nitrogens is 3. The lowest BCUT2D eigenvalue weighted by Crippen LogP contribution is -2.41. The molecule has 0 aliphatic carbocycles. The molecule has 0 atom stereocenters. The Morgan fingerprint density at radius 1 is 1.16 bits per heavy atom. The molecule has 2 aromatic rings. The number of hydrogen-bond acceptors (Lipinski definition) is 7. The summed E-state index contributed by atoms with van der Waals surface area (Å²) in [6.07, 6.45) is 0. The first-order valence-corrected chi connectivity index (χ1v) is 8.03. The van der Waals surface area contributed by atoms with E-state index in [4.69, 9.17) is 0 Å². The Balaban J connectivity index is 2.23. The van der Waals surface area contributed by atoms with Gasteiger partial charge in [-0.1, -0.05) is 0 Å². The number of benzene rings is 1. The second-order valence-electron chi connectivity index (χ2n) is 5.31. The summed E-state index contributed by atoms with van der Waals surface area (Å²) in [5.74, 6) is -0.0900. The van der Waals surface area contributed by atoms with Gasteiger partial charge in [0, 0.05) is 24.6 Å². The Kier molecular flexibility index (Phi) is 4.13. The van der Waals surface area contributed by atoms with E-state index in [2.05, 4.69) is 10.2 Å². The summed E-state index contributed by atoms with van der Waals surface area (Å²) in [6.45, 7) is 4.45. The fourth-order valence-electron chi connectivity index (χ4n) is 2.50. The largest absolute Gasteiger partial charge is 0.294 e. The average Bonchev–Trinajstić information content (AvgIpc) is 2.94. The maximum atomic E-state index is 12.3. The zero-order valence-electron chi connectivity index (χ0n) is 13.6. The van der Waals surface area contributed by atoms with Crippen molar-refractivity contribution in [3.63, 3.8) is 0 Å². The van der Waals surface area contributed by atoms with Gasteiger partial charge in [0.1, 0.15) is 0 Å². The Bertz CT molecular complexity index is 932. The van der Waals surface area contributed by atoms with Crippen LogP contribution in [0.1, 0.15) is 25.2 Å². The third-order valence-corrected chi connectivity index (χ3v) is 4.68. The van der Waals surface area contributed by atoms with Gasteiger partial charge in [-0.2, -0.15) is 0 Å². The number of amides is 1. The van der Waals surface area contributed by atoms with E-state index in [1.54, 1.807) is 6.92 Å². The van der Waals surface area contributed by atoms with Crippen molar-refractivity contribution in [1.82, 2.24) is 14.9 Å². The van der Waals surface area contributed by atoms with Crippen LogP contribution in [0.2, 0.25) is 0 Å². The van der Waals surface area contributed by atoms with Crippen molar-refractivity contribution in [2.24, 2.45) is 0 Å².